The molecule has 6 heteroatoms. The average molecular weight is 213 g/mol. The van der Waals surface area contributed by atoms with Gasteiger partial charge in [0.05, 0.1) is 6.61 Å². The minimum absolute atomic E-state index is 0.0767. The Kier molecular flexibility index (Phi) is 3.65. The maximum Gasteiger partial charge on any atom is 0.374 e. The smallest absolute Gasteiger partial charge is 0.374 e. The lowest BCUT2D eigenvalue weighted by atomic mass is 10.2. The minimum atomic E-state index is -1.09. The molecule has 6 nitrogen and oxygen atoms in total. The molecule has 1 rings (SSSR count). The number of aromatic carboxylic acids is 1. The highest BCUT2D eigenvalue weighted by atomic mass is 16.5. The second kappa shape index (κ2) is 4.77. The summed E-state index contributed by atoms with van der Waals surface area (Å²) in [4.78, 5) is 10.8. The van der Waals surface area contributed by atoms with Crippen molar-refractivity contribution in [3.8, 4) is 6.01 Å². The first kappa shape index (κ1) is 11.5. The van der Waals surface area contributed by atoms with Crippen LogP contribution in [0.3, 0.4) is 0 Å². The van der Waals surface area contributed by atoms with Gasteiger partial charge in [0, 0.05) is 6.54 Å². The Labute approximate surface area is 87.9 Å². The molecule has 0 saturated heterocycles. The molecule has 1 aromatic rings. The fourth-order valence-corrected chi connectivity index (χ4v) is 1.21. The van der Waals surface area contributed by atoms with Gasteiger partial charge in [-0.3, -0.25) is 4.57 Å². The van der Waals surface area contributed by atoms with Crippen LogP contribution < -0.4 is 4.74 Å². The summed E-state index contributed by atoms with van der Waals surface area (Å²) in [7, 11) is 0. The van der Waals surface area contributed by atoms with Crippen LogP contribution >= 0.6 is 0 Å². The van der Waals surface area contributed by atoms with Gasteiger partial charge < -0.3 is 9.84 Å². The van der Waals surface area contributed by atoms with Gasteiger partial charge in [-0.1, -0.05) is 18.9 Å². The first-order valence-electron chi connectivity index (χ1n) is 4.85. The summed E-state index contributed by atoms with van der Waals surface area (Å²) < 4.78 is 6.68. The Hall–Kier alpha value is -1.59. The van der Waals surface area contributed by atoms with E-state index in [1.165, 1.54) is 4.57 Å². The molecule has 0 aliphatic carbocycles. The number of carboxylic acids is 1. The summed E-state index contributed by atoms with van der Waals surface area (Å²) in [6.07, 6.45) is 0. The molecule has 0 radical (unpaired) electrons. The number of rotatable bonds is 5. The van der Waals surface area contributed by atoms with Crippen LogP contribution in [0.15, 0.2) is 0 Å². The van der Waals surface area contributed by atoms with E-state index in [9.17, 15) is 4.79 Å². The summed E-state index contributed by atoms with van der Waals surface area (Å²) in [6.45, 7) is 6.76. The van der Waals surface area contributed by atoms with Gasteiger partial charge in [0.15, 0.2) is 0 Å². The monoisotopic (exact) mass is 213 g/mol. The van der Waals surface area contributed by atoms with Gasteiger partial charge >= 0.3 is 12.0 Å². The Morgan fingerprint density at radius 1 is 1.53 bits per heavy atom. The highest BCUT2D eigenvalue weighted by molar-refractivity contribution is 5.83. The van der Waals surface area contributed by atoms with Gasteiger partial charge in [0.1, 0.15) is 0 Å². The predicted octanol–water partition coefficient (Wildman–Crippen LogP) is 1.03. The zero-order valence-electron chi connectivity index (χ0n) is 9.10. The highest BCUT2D eigenvalue weighted by Gasteiger charge is 2.19. The van der Waals surface area contributed by atoms with Crippen LogP contribution in [0.25, 0.3) is 0 Å². The summed E-state index contributed by atoms with van der Waals surface area (Å²) in [6, 6.07) is 0.267. The molecule has 84 valence electrons. The third kappa shape index (κ3) is 2.68. The lowest BCUT2D eigenvalue weighted by molar-refractivity contribution is 0.0675. The largest absolute Gasteiger partial charge is 0.475 e. The van der Waals surface area contributed by atoms with Crippen LogP contribution in [-0.2, 0) is 6.54 Å². The van der Waals surface area contributed by atoms with Gasteiger partial charge in [-0.2, -0.15) is 0 Å². The standard InChI is InChI=1S/C9H15N3O3/c1-4-15-9-11-10-7(8(13)14)12(9)5-6(2)3/h6H,4-5H2,1-3H3,(H,13,14). The predicted molar refractivity (Wildman–Crippen MR) is 53.0 cm³/mol. The van der Waals surface area contributed by atoms with E-state index in [4.69, 9.17) is 9.84 Å². The lowest BCUT2D eigenvalue weighted by Crippen LogP contribution is -2.14. The summed E-state index contributed by atoms with van der Waals surface area (Å²) >= 11 is 0. The van der Waals surface area contributed by atoms with Gasteiger partial charge in [-0.05, 0) is 12.8 Å². The van der Waals surface area contributed by atoms with Crippen molar-refractivity contribution >= 4 is 5.97 Å². The molecule has 0 aliphatic rings. The van der Waals surface area contributed by atoms with E-state index in [1.807, 2.05) is 20.8 Å². The molecule has 0 atom stereocenters. The second-order valence-electron chi connectivity index (χ2n) is 3.55. The van der Waals surface area contributed by atoms with Crippen LogP contribution in [0.4, 0.5) is 0 Å². The fraction of sp³-hybridized carbons (Fsp3) is 0.667. The molecule has 0 spiro atoms. The number of nitrogens with zero attached hydrogens (tertiary/aromatic N) is 3. The zero-order chi connectivity index (χ0) is 11.4. The maximum atomic E-state index is 10.8. The third-order valence-electron chi connectivity index (χ3n) is 1.73. The molecule has 1 N–H and O–H groups in total. The topological polar surface area (TPSA) is 77.2 Å². The van der Waals surface area contributed by atoms with Crippen molar-refractivity contribution in [2.75, 3.05) is 6.61 Å². The Bertz CT molecular complexity index is 346. The summed E-state index contributed by atoms with van der Waals surface area (Å²) in [5.74, 6) is -0.862. The first-order chi connectivity index (χ1) is 7.06. The minimum Gasteiger partial charge on any atom is -0.475 e. The number of aromatic nitrogens is 3. The molecule has 0 aliphatic heterocycles. The molecule has 0 unspecified atom stereocenters. The van der Waals surface area contributed by atoms with Crippen LogP contribution in [-0.4, -0.2) is 32.4 Å². The van der Waals surface area contributed by atoms with Gasteiger partial charge in [-0.15, -0.1) is 5.10 Å². The van der Waals surface area contributed by atoms with E-state index in [0.29, 0.717) is 19.1 Å². The Balaban J connectivity index is 3.02. The summed E-state index contributed by atoms with van der Waals surface area (Å²) in [5, 5.41) is 16.1. The van der Waals surface area contributed by atoms with E-state index in [2.05, 4.69) is 10.2 Å². The normalized spacial score (nSPS) is 10.7. The van der Waals surface area contributed by atoms with E-state index in [1.54, 1.807) is 0 Å². The van der Waals surface area contributed by atoms with Crippen LogP contribution in [0.2, 0.25) is 0 Å². The molecule has 0 saturated carbocycles. The Morgan fingerprint density at radius 3 is 2.67 bits per heavy atom. The van der Waals surface area contributed by atoms with Crippen LogP contribution in [0.1, 0.15) is 31.4 Å². The van der Waals surface area contributed by atoms with Gasteiger partial charge in [0.25, 0.3) is 0 Å². The molecule has 15 heavy (non-hydrogen) atoms. The molecular formula is C9H15N3O3. The number of carbonyl (C=O) groups is 1. The zero-order valence-corrected chi connectivity index (χ0v) is 9.10. The Morgan fingerprint density at radius 2 is 2.20 bits per heavy atom. The lowest BCUT2D eigenvalue weighted by Gasteiger charge is -2.10. The maximum absolute atomic E-state index is 10.8. The quantitative estimate of drug-likeness (QED) is 0.790. The summed E-state index contributed by atoms with van der Waals surface area (Å²) in [5.41, 5.74) is 0. The van der Waals surface area contributed by atoms with Crippen LogP contribution in [0.5, 0.6) is 6.01 Å². The van der Waals surface area contributed by atoms with Gasteiger partial charge in [-0.25, -0.2) is 4.79 Å². The molecular weight excluding hydrogens is 198 g/mol. The molecule has 1 heterocycles. The highest BCUT2D eigenvalue weighted by Crippen LogP contribution is 2.13. The van der Waals surface area contributed by atoms with Crippen molar-refractivity contribution < 1.29 is 14.6 Å². The van der Waals surface area contributed by atoms with E-state index in [0.717, 1.165) is 0 Å². The van der Waals surface area contributed by atoms with Gasteiger partial charge in [0.2, 0.25) is 5.82 Å². The average Bonchev–Trinajstić information content (AvgIpc) is 2.48. The second-order valence-corrected chi connectivity index (χ2v) is 3.55. The van der Waals surface area contributed by atoms with E-state index < -0.39 is 5.97 Å². The number of hydrogen-bond donors (Lipinski definition) is 1. The SMILES string of the molecule is CCOc1nnc(C(=O)O)n1CC(C)C. The molecule has 0 amide bonds. The molecule has 1 aromatic heterocycles. The van der Waals surface area contributed by atoms with Crippen LogP contribution in [0, 0.1) is 5.92 Å². The molecule has 0 bridgehead atoms. The number of hydrogen-bond acceptors (Lipinski definition) is 4. The van der Waals surface area contributed by atoms with Crippen molar-refractivity contribution in [1.82, 2.24) is 14.8 Å². The number of ether oxygens (including phenoxy) is 1. The van der Waals surface area contributed by atoms with E-state index in [-0.39, 0.29) is 11.8 Å². The fourth-order valence-electron chi connectivity index (χ4n) is 1.21. The third-order valence-corrected chi connectivity index (χ3v) is 1.73. The van der Waals surface area contributed by atoms with Crippen molar-refractivity contribution in [3.05, 3.63) is 5.82 Å². The first-order valence-corrected chi connectivity index (χ1v) is 4.85. The van der Waals surface area contributed by atoms with Crippen molar-refractivity contribution in [2.24, 2.45) is 5.92 Å². The van der Waals surface area contributed by atoms with Crippen molar-refractivity contribution in [3.63, 3.8) is 0 Å². The molecule has 0 aromatic carbocycles. The van der Waals surface area contributed by atoms with Crippen molar-refractivity contribution in [1.29, 1.82) is 0 Å². The van der Waals surface area contributed by atoms with Crippen molar-refractivity contribution in [2.45, 2.75) is 27.3 Å². The van der Waals surface area contributed by atoms with E-state index >= 15 is 0 Å². The number of carboxylic acid groups (broad SMARTS) is 1. The molecule has 0 fully saturated rings.